The van der Waals surface area contributed by atoms with E-state index in [2.05, 4.69) is 40.8 Å². The fraction of sp³-hybridized carbons (Fsp3) is 0.577. The van der Waals surface area contributed by atoms with Gasteiger partial charge in [0.05, 0.1) is 12.4 Å². The molecule has 0 bridgehead atoms. The summed E-state index contributed by atoms with van der Waals surface area (Å²) in [5, 5.41) is 14.6. The molecule has 0 radical (unpaired) electrons. The number of rotatable bonds is 7. The van der Waals surface area contributed by atoms with E-state index in [9.17, 15) is 14.7 Å². The molecule has 1 aromatic heterocycles. The maximum Gasteiger partial charge on any atom is 0.227 e. The maximum absolute atomic E-state index is 13.0. The Balaban J connectivity index is 1.71. The van der Waals surface area contributed by atoms with Gasteiger partial charge in [-0.2, -0.15) is 0 Å². The summed E-state index contributed by atoms with van der Waals surface area (Å²) in [6, 6.07) is 8.03. The molecule has 1 aliphatic heterocycles. The number of nitrogens with zero attached hydrogens (tertiary/aromatic N) is 3. The van der Waals surface area contributed by atoms with Crippen LogP contribution in [0.1, 0.15) is 71.9 Å². The number of carbonyl (C=O) groups excluding carboxylic acids is 2. The van der Waals surface area contributed by atoms with E-state index in [0.29, 0.717) is 25.3 Å². The van der Waals surface area contributed by atoms with Crippen molar-refractivity contribution in [1.29, 1.82) is 0 Å². The summed E-state index contributed by atoms with van der Waals surface area (Å²) in [5.41, 5.74) is 1.68. The smallest absolute Gasteiger partial charge is 0.227 e. The average molecular weight is 454 g/mol. The number of anilines is 1. The van der Waals surface area contributed by atoms with Crippen molar-refractivity contribution in [2.45, 2.75) is 72.4 Å². The first kappa shape index (κ1) is 24.8. The summed E-state index contributed by atoms with van der Waals surface area (Å²) in [6.45, 7) is 10.8. The lowest BCUT2D eigenvalue weighted by molar-refractivity contribution is -0.271. The standard InChI is InChI=1S/C26H38N4O3/c1-6-18(7-2)23(29-15-13-27-17-29)19-8-10-21(11-9-19)28-24(31)20-12-14-30(25(32)33)22(16-20)26(3,4)5/h8-11,13,15,17-18,20,22-23H,6-7,12,14,16H2,1-5H3,(H,28,31)(H,32,33)/p-1. The van der Waals surface area contributed by atoms with Gasteiger partial charge in [0.25, 0.3) is 0 Å². The molecule has 3 unspecified atom stereocenters. The van der Waals surface area contributed by atoms with Crippen LogP contribution in [-0.4, -0.2) is 39.0 Å². The third kappa shape index (κ3) is 5.75. The minimum atomic E-state index is -1.16. The van der Waals surface area contributed by atoms with Crippen molar-refractivity contribution in [2.24, 2.45) is 17.3 Å². The molecular formula is C26H37N4O3-. The average Bonchev–Trinajstić information content (AvgIpc) is 3.31. The zero-order chi connectivity index (χ0) is 24.2. The second-order valence-corrected chi connectivity index (χ2v) is 10.2. The van der Waals surface area contributed by atoms with Crippen molar-refractivity contribution in [3.05, 3.63) is 48.5 Å². The highest BCUT2D eigenvalue weighted by molar-refractivity contribution is 5.92. The number of amides is 2. The van der Waals surface area contributed by atoms with Gasteiger partial charge in [0.15, 0.2) is 0 Å². The first-order chi connectivity index (χ1) is 15.7. The van der Waals surface area contributed by atoms with E-state index < -0.39 is 6.09 Å². The van der Waals surface area contributed by atoms with Crippen molar-refractivity contribution < 1.29 is 14.7 Å². The molecule has 1 aromatic carbocycles. The predicted molar refractivity (Wildman–Crippen MR) is 128 cm³/mol. The van der Waals surface area contributed by atoms with Crippen LogP contribution < -0.4 is 10.4 Å². The van der Waals surface area contributed by atoms with Crippen LogP contribution in [0, 0.1) is 17.3 Å². The topological polar surface area (TPSA) is 90.3 Å². The molecule has 2 heterocycles. The van der Waals surface area contributed by atoms with E-state index in [1.165, 1.54) is 10.5 Å². The highest BCUT2D eigenvalue weighted by Gasteiger charge is 2.38. The second kappa shape index (κ2) is 10.4. The number of likely N-dealkylation sites (tertiary alicyclic amines) is 1. The Morgan fingerprint density at radius 3 is 2.36 bits per heavy atom. The molecule has 180 valence electrons. The SMILES string of the molecule is CCC(CC)C(c1ccc(NC(=O)C2CCN(C(=O)[O-])C(C(C)(C)C)C2)cc1)n1ccnc1. The predicted octanol–water partition coefficient (Wildman–Crippen LogP) is 4.32. The molecule has 3 rings (SSSR count). The van der Waals surface area contributed by atoms with Crippen molar-refractivity contribution in [1.82, 2.24) is 14.5 Å². The number of aromatic nitrogens is 2. The number of hydrogen-bond acceptors (Lipinski definition) is 4. The largest absolute Gasteiger partial charge is 0.530 e. The molecule has 7 nitrogen and oxygen atoms in total. The Kier molecular flexibility index (Phi) is 7.82. The van der Waals surface area contributed by atoms with Crippen LogP contribution in [0.4, 0.5) is 10.5 Å². The number of carbonyl (C=O) groups is 2. The Hall–Kier alpha value is -2.83. The normalized spacial score (nSPS) is 20.0. The van der Waals surface area contributed by atoms with Crippen LogP contribution in [0.5, 0.6) is 0 Å². The molecule has 1 N–H and O–H groups in total. The van der Waals surface area contributed by atoms with Gasteiger partial charge in [-0.05, 0) is 41.9 Å². The Morgan fingerprint density at radius 1 is 1.18 bits per heavy atom. The van der Waals surface area contributed by atoms with E-state index >= 15 is 0 Å². The second-order valence-electron chi connectivity index (χ2n) is 10.2. The lowest BCUT2D eigenvalue weighted by atomic mass is 9.77. The molecule has 0 spiro atoms. The Bertz CT molecular complexity index is 914. The van der Waals surface area contributed by atoms with Gasteiger partial charge in [0, 0.05) is 36.6 Å². The zero-order valence-electron chi connectivity index (χ0n) is 20.5. The van der Waals surface area contributed by atoms with Crippen molar-refractivity contribution in [2.75, 3.05) is 11.9 Å². The van der Waals surface area contributed by atoms with Gasteiger partial charge in [-0.1, -0.05) is 59.6 Å². The minimum Gasteiger partial charge on any atom is -0.530 e. The third-order valence-corrected chi connectivity index (χ3v) is 7.07. The first-order valence-electron chi connectivity index (χ1n) is 12.0. The highest BCUT2D eigenvalue weighted by atomic mass is 16.4. The van der Waals surface area contributed by atoms with Gasteiger partial charge in [-0.3, -0.25) is 4.79 Å². The molecule has 1 fully saturated rings. The first-order valence-corrected chi connectivity index (χ1v) is 12.0. The van der Waals surface area contributed by atoms with E-state index in [1.54, 1.807) is 6.20 Å². The van der Waals surface area contributed by atoms with Crippen molar-refractivity contribution >= 4 is 17.7 Å². The summed E-state index contributed by atoms with van der Waals surface area (Å²) < 4.78 is 2.16. The van der Waals surface area contributed by atoms with E-state index in [0.717, 1.165) is 18.5 Å². The van der Waals surface area contributed by atoms with Gasteiger partial charge >= 0.3 is 0 Å². The molecule has 1 aliphatic rings. The number of nitrogens with one attached hydrogen (secondary N) is 1. The van der Waals surface area contributed by atoms with Gasteiger partial charge in [0.2, 0.25) is 5.91 Å². The van der Waals surface area contributed by atoms with Crippen LogP contribution in [0.2, 0.25) is 0 Å². The monoisotopic (exact) mass is 453 g/mol. The number of imidazole rings is 1. The molecule has 33 heavy (non-hydrogen) atoms. The summed E-state index contributed by atoms with van der Waals surface area (Å²) in [5.74, 6) is 0.205. The summed E-state index contributed by atoms with van der Waals surface area (Å²) in [7, 11) is 0. The summed E-state index contributed by atoms with van der Waals surface area (Å²) in [4.78, 5) is 30.2. The van der Waals surface area contributed by atoms with E-state index in [-0.39, 0.29) is 29.3 Å². The van der Waals surface area contributed by atoms with Crippen LogP contribution in [0.3, 0.4) is 0 Å². The molecule has 2 aromatic rings. The van der Waals surface area contributed by atoms with Gasteiger partial charge in [-0.25, -0.2) is 4.98 Å². The van der Waals surface area contributed by atoms with Gasteiger partial charge < -0.3 is 24.7 Å². The van der Waals surface area contributed by atoms with Gasteiger partial charge in [-0.15, -0.1) is 0 Å². The van der Waals surface area contributed by atoms with Crippen LogP contribution in [0.25, 0.3) is 0 Å². The van der Waals surface area contributed by atoms with Crippen molar-refractivity contribution in [3.8, 4) is 0 Å². The summed E-state index contributed by atoms with van der Waals surface area (Å²) >= 11 is 0. The number of benzene rings is 1. The van der Waals surface area contributed by atoms with E-state index in [1.807, 2.05) is 45.4 Å². The molecule has 0 saturated carbocycles. The van der Waals surface area contributed by atoms with Crippen molar-refractivity contribution in [3.63, 3.8) is 0 Å². The minimum absolute atomic E-state index is 0.0545. The number of carboxylic acid groups (broad SMARTS) is 1. The van der Waals surface area contributed by atoms with Gasteiger partial charge in [0.1, 0.15) is 6.09 Å². The molecule has 7 heteroatoms. The van der Waals surface area contributed by atoms with Crippen LogP contribution >= 0.6 is 0 Å². The Morgan fingerprint density at radius 2 is 1.85 bits per heavy atom. The van der Waals surface area contributed by atoms with Crippen LogP contribution in [0.15, 0.2) is 43.0 Å². The zero-order valence-corrected chi connectivity index (χ0v) is 20.5. The number of piperidine rings is 1. The lowest BCUT2D eigenvalue weighted by Gasteiger charge is -2.47. The highest BCUT2D eigenvalue weighted by Crippen LogP contribution is 2.35. The quantitative estimate of drug-likeness (QED) is 0.676. The fourth-order valence-electron chi connectivity index (χ4n) is 5.11. The Labute approximate surface area is 197 Å². The number of hydrogen-bond donors (Lipinski definition) is 1. The summed E-state index contributed by atoms with van der Waals surface area (Å²) in [6.07, 6.45) is 7.65. The molecular weight excluding hydrogens is 416 g/mol. The fourth-order valence-corrected chi connectivity index (χ4v) is 5.11. The van der Waals surface area contributed by atoms with E-state index in [4.69, 9.17) is 0 Å². The molecule has 3 atom stereocenters. The third-order valence-electron chi connectivity index (χ3n) is 7.07. The lowest BCUT2D eigenvalue weighted by Crippen LogP contribution is -2.57. The maximum atomic E-state index is 13.0. The van der Waals surface area contributed by atoms with Crippen LogP contribution in [-0.2, 0) is 4.79 Å². The molecule has 0 aliphatic carbocycles. The molecule has 2 amide bonds. The molecule has 1 saturated heterocycles.